The first kappa shape index (κ1) is 14.0. The summed E-state index contributed by atoms with van der Waals surface area (Å²) < 4.78 is 3.69. The van der Waals surface area contributed by atoms with Crippen LogP contribution in [0.1, 0.15) is 24.7 Å². The average molecular weight is 407 g/mol. The van der Waals surface area contributed by atoms with E-state index in [4.69, 9.17) is 16.6 Å². The Kier molecular flexibility index (Phi) is 4.59. The van der Waals surface area contributed by atoms with Gasteiger partial charge in [-0.2, -0.15) is 11.8 Å². The van der Waals surface area contributed by atoms with Gasteiger partial charge in [-0.05, 0) is 59.4 Å². The fourth-order valence-electron chi connectivity index (χ4n) is 2.72. The zero-order chi connectivity index (χ0) is 13.2. The number of nitrogens with zero attached hydrogens (tertiary/aromatic N) is 2. The topological polar surface area (TPSA) is 17.8 Å². The van der Waals surface area contributed by atoms with Crippen LogP contribution in [0.4, 0.5) is 0 Å². The maximum absolute atomic E-state index is 5.95. The second-order valence-corrected chi connectivity index (χ2v) is 7.61. The largest absolute Gasteiger partial charge is 0.324 e. The average Bonchev–Trinajstić information content (AvgIpc) is 2.77. The maximum Gasteiger partial charge on any atom is 0.111 e. The van der Waals surface area contributed by atoms with E-state index in [1.807, 2.05) is 0 Å². The number of rotatable bonds is 3. The Morgan fingerprint density at radius 2 is 2.37 bits per heavy atom. The molecule has 2 nitrogen and oxygen atoms in total. The zero-order valence-electron chi connectivity index (χ0n) is 10.6. The van der Waals surface area contributed by atoms with Gasteiger partial charge in [0.05, 0.1) is 11.0 Å². The van der Waals surface area contributed by atoms with E-state index in [1.165, 1.54) is 33.4 Å². The standard InChI is InChI=1S/C14H16ClIN2S/c15-6-5-14-17-12-8-10(16)3-4-13(12)18(14)11-2-1-7-19-9-11/h3-4,8,11H,1-2,5-7,9H2. The molecule has 0 radical (unpaired) electrons. The highest BCUT2D eigenvalue weighted by atomic mass is 127. The fourth-order valence-corrected chi connectivity index (χ4v) is 4.49. The third-order valence-electron chi connectivity index (χ3n) is 3.54. The minimum atomic E-state index is 0.585. The van der Waals surface area contributed by atoms with Gasteiger partial charge in [0.25, 0.3) is 0 Å². The molecule has 3 rings (SSSR count). The molecule has 1 aromatic carbocycles. The molecule has 0 saturated carbocycles. The van der Waals surface area contributed by atoms with Crippen LogP contribution < -0.4 is 0 Å². The lowest BCUT2D eigenvalue weighted by Crippen LogP contribution is -2.18. The molecule has 1 atom stereocenters. The van der Waals surface area contributed by atoms with Gasteiger partial charge in [-0.1, -0.05) is 0 Å². The van der Waals surface area contributed by atoms with Crippen LogP contribution in [0.25, 0.3) is 11.0 Å². The van der Waals surface area contributed by atoms with Gasteiger partial charge in [-0.25, -0.2) is 4.98 Å². The Bertz CT molecular complexity index is 578. The van der Waals surface area contributed by atoms with Crippen molar-refractivity contribution in [1.29, 1.82) is 0 Å². The van der Waals surface area contributed by atoms with Gasteiger partial charge in [-0.15, -0.1) is 11.6 Å². The molecule has 5 heteroatoms. The monoisotopic (exact) mass is 406 g/mol. The SMILES string of the molecule is ClCCc1nc2cc(I)ccc2n1C1CCCSC1. The first-order chi connectivity index (χ1) is 9.29. The molecule has 1 aromatic heterocycles. The van der Waals surface area contributed by atoms with E-state index in [0.717, 1.165) is 17.8 Å². The normalized spacial score (nSPS) is 20.0. The molecule has 0 bridgehead atoms. The summed E-state index contributed by atoms with van der Waals surface area (Å²) in [5, 5.41) is 0. The van der Waals surface area contributed by atoms with E-state index in [-0.39, 0.29) is 0 Å². The van der Waals surface area contributed by atoms with Gasteiger partial charge >= 0.3 is 0 Å². The Morgan fingerprint density at radius 3 is 3.11 bits per heavy atom. The summed E-state index contributed by atoms with van der Waals surface area (Å²) in [4.78, 5) is 4.80. The minimum Gasteiger partial charge on any atom is -0.324 e. The van der Waals surface area contributed by atoms with Crippen LogP contribution >= 0.6 is 46.0 Å². The number of aromatic nitrogens is 2. The Hall–Kier alpha value is 0.0600. The number of alkyl halides is 1. The number of aryl methyl sites for hydroxylation is 1. The fraction of sp³-hybridized carbons (Fsp3) is 0.500. The van der Waals surface area contributed by atoms with Crippen molar-refractivity contribution in [2.75, 3.05) is 17.4 Å². The van der Waals surface area contributed by atoms with Crippen molar-refractivity contribution in [3.63, 3.8) is 0 Å². The second-order valence-electron chi connectivity index (χ2n) is 4.84. The van der Waals surface area contributed by atoms with Gasteiger partial charge in [0.1, 0.15) is 5.82 Å². The Balaban J connectivity index is 2.09. The van der Waals surface area contributed by atoms with Crippen molar-refractivity contribution in [3.05, 3.63) is 27.6 Å². The van der Waals surface area contributed by atoms with E-state index >= 15 is 0 Å². The minimum absolute atomic E-state index is 0.585. The summed E-state index contributed by atoms with van der Waals surface area (Å²) in [5.41, 5.74) is 2.38. The van der Waals surface area contributed by atoms with Crippen molar-refractivity contribution in [2.45, 2.75) is 25.3 Å². The molecule has 102 valence electrons. The molecule has 1 fully saturated rings. The van der Waals surface area contributed by atoms with Crippen LogP contribution in [0, 0.1) is 3.57 Å². The van der Waals surface area contributed by atoms with Crippen molar-refractivity contribution in [2.24, 2.45) is 0 Å². The van der Waals surface area contributed by atoms with Gasteiger partial charge in [-0.3, -0.25) is 0 Å². The van der Waals surface area contributed by atoms with Gasteiger partial charge in [0.15, 0.2) is 0 Å². The van der Waals surface area contributed by atoms with Crippen LogP contribution in [0.2, 0.25) is 0 Å². The molecular formula is C14H16ClIN2S. The number of halogens is 2. The molecule has 0 amide bonds. The second kappa shape index (κ2) is 6.22. The van der Waals surface area contributed by atoms with Crippen LogP contribution in [0.3, 0.4) is 0 Å². The molecule has 1 aliphatic rings. The molecule has 19 heavy (non-hydrogen) atoms. The van der Waals surface area contributed by atoms with Crippen LogP contribution in [-0.2, 0) is 6.42 Å². The third-order valence-corrected chi connectivity index (χ3v) is 5.60. The van der Waals surface area contributed by atoms with Crippen LogP contribution in [-0.4, -0.2) is 26.9 Å². The zero-order valence-corrected chi connectivity index (χ0v) is 14.3. The van der Waals surface area contributed by atoms with Gasteiger partial charge < -0.3 is 4.57 Å². The predicted molar refractivity (Wildman–Crippen MR) is 92.5 cm³/mol. The van der Waals surface area contributed by atoms with Crippen molar-refractivity contribution in [3.8, 4) is 0 Å². The van der Waals surface area contributed by atoms with E-state index < -0.39 is 0 Å². The molecule has 0 aliphatic carbocycles. The Labute approximate surface area is 136 Å². The molecule has 1 aliphatic heterocycles. The smallest absolute Gasteiger partial charge is 0.111 e. The number of thioether (sulfide) groups is 1. The lowest BCUT2D eigenvalue weighted by atomic mass is 10.1. The van der Waals surface area contributed by atoms with Gasteiger partial charge in [0, 0.05) is 27.7 Å². The molecular weight excluding hydrogens is 391 g/mol. The van der Waals surface area contributed by atoms with E-state index in [2.05, 4.69) is 57.1 Å². The van der Waals surface area contributed by atoms with Crippen molar-refractivity contribution in [1.82, 2.24) is 9.55 Å². The number of benzene rings is 1. The molecule has 2 heterocycles. The maximum atomic E-state index is 5.95. The third kappa shape index (κ3) is 2.90. The molecule has 0 N–H and O–H groups in total. The Morgan fingerprint density at radius 1 is 1.47 bits per heavy atom. The molecule has 2 aromatic rings. The first-order valence-corrected chi connectivity index (χ1v) is 9.36. The summed E-state index contributed by atoms with van der Waals surface area (Å²) in [7, 11) is 0. The quantitative estimate of drug-likeness (QED) is 0.552. The summed E-state index contributed by atoms with van der Waals surface area (Å²) in [5.74, 6) is 4.29. The molecule has 1 unspecified atom stereocenters. The highest BCUT2D eigenvalue weighted by molar-refractivity contribution is 14.1. The number of hydrogen-bond donors (Lipinski definition) is 0. The number of imidazole rings is 1. The van der Waals surface area contributed by atoms with Crippen LogP contribution in [0.5, 0.6) is 0 Å². The van der Waals surface area contributed by atoms with Crippen LogP contribution in [0.15, 0.2) is 18.2 Å². The lowest BCUT2D eigenvalue weighted by molar-refractivity contribution is 0.495. The van der Waals surface area contributed by atoms with E-state index in [9.17, 15) is 0 Å². The summed E-state index contributed by atoms with van der Waals surface area (Å²) >= 11 is 10.3. The molecule has 1 saturated heterocycles. The summed E-state index contributed by atoms with van der Waals surface area (Å²) in [6.07, 6.45) is 3.42. The summed E-state index contributed by atoms with van der Waals surface area (Å²) in [6.45, 7) is 0. The summed E-state index contributed by atoms with van der Waals surface area (Å²) in [6, 6.07) is 7.13. The van der Waals surface area contributed by atoms with Crippen molar-refractivity contribution >= 4 is 57.0 Å². The van der Waals surface area contributed by atoms with E-state index in [0.29, 0.717) is 11.9 Å². The molecule has 0 spiro atoms. The van der Waals surface area contributed by atoms with E-state index in [1.54, 1.807) is 0 Å². The van der Waals surface area contributed by atoms with Crippen molar-refractivity contribution < 1.29 is 0 Å². The first-order valence-electron chi connectivity index (χ1n) is 6.59. The highest BCUT2D eigenvalue weighted by Crippen LogP contribution is 2.32. The predicted octanol–water partition coefficient (Wildman–Crippen LogP) is 4.49. The highest BCUT2D eigenvalue weighted by Gasteiger charge is 2.21. The number of hydrogen-bond acceptors (Lipinski definition) is 2. The van der Waals surface area contributed by atoms with Gasteiger partial charge in [0.2, 0.25) is 0 Å². The number of fused-ring (bicyclic) bond motifs is 1. The lowest BCUT2D eigenvalue weighted by Gasteiger charge is -2.25.